The Hall–Kier alpha value is -1.36. The van der Waals surface area contributed by atoms with Crippen molar-refractivity contribution >= 4 is 11.9 Å². The first-order chi connectivity index (χ1) is 8.72. The first-order valence-corrected chi connectivity index (χ1v) is 6.36. The third kappa shape index (κ3) is 3.32. The zero-order valence-electron chi connectivity index (χ0n) is 10.5. The summed E-state index contributed by atoms with van der Waals surface area (Å²) in [6.07, 6.45) is 5.85. The highest BCUT2D eigenvalue weighted by atomic mass is 16.8. The maximum absolute atomic E-state index is 11.9. The van der Waals surface area contributed by atoms with E-state index < -0.39 is 6.29 Å². The third-order valence-electron chi connectivity index (χ3n) is 3.24. The molecule has 18 heavy (non-hydrogen) atoms. The van der Waals surface area contributed by atoms with Crippen molar-refractivity contribution in [3.05, 3.63) is 12.3 Å². The van der Waals surface area contributed by atoms with Crippen molar-refractivity contribution in [1.29, 1.82) is 0 Å². The van der Waals surface area contributed by atoms with Gasteiger partial charge in [-0.15, -0.1) is 0 Å². The first-order valence-electron chi connectivity index (χ1n) is 6.36. The van der Waals surface area contributed by atoms with Gasteiger partial charge in [-0.25, -0.2) is 0 Å². The molecule has 2 rings (SSSR count). The zero-order valence-corrected chi connectivity index (χ0v) is 10.5. The van der Waals surface area contributed by atoms with Gasteiger partial charge in [-0.2, -0.15) is 0 Å². The van der Waals surface area contributed by atoms with E-state index in [1.165, 1.54) is 6.26 Å². The van der Waals surface area contributed by atoms with Crippen LogP contribution in [0.3, 0.4) is 0 Å². The van der Waals surface area contributed by atoms with Gasteiger partial charge in [0.05, 0.1) is 18.1 Å². The predicted octanol–water partition coefficient (Wildman–Crippen LogP) is 1.77. The third-order valence-corrected chi connectivity index (χ3v) is 3.24. The summed E-state index contributed by atoms with van der Waals surface area (Å²) in [6.45, 7) is 2.23. The number of hydrogen-bond donors (Lipinski definition) is 0. The molecule has 1 saturated carbocycles. The number of ether oxygens (including phenoxy) is 3. The second-order valence-corrected chi connectivity index (χ2v) is 4.60. The van der Waals surface area contributed by atoms with Crippen molar-refractivity contribution in [3.63, 3.8) is 0 Å². The Bertz CT molecular complexity index is 345. The molecule has 3 atom stereocenters. The lowest BCUT2D eigenvalue weighted by Gasteiger charge is -2.27. The molecule has 1 aliphatic carbocycles. The van der Waals surface area contributed by atoms with Crippen LogP contribution in [-0.4, -0.2) is 24.8 Å². The Morgan fingerprint density at radius 3 is 2.33 bits per heavy atom. The fourth-order valence-electron chi connectivity index (χ4n) is 2.24. The largest absolute Gasteiger partial charge is 0.435 e. The van der Waals surface area contributed by atoms with Crippen molar-refractivity contribution in [2.45, 2.75) is 38.9 Å². The molecule has 1 heterocycles. The fraction of sp³-hybridized carbons (Fsp3) is 0.692. The molecule has 5 nitrogen and oxygen atoms in total. The van der Waals surface area contributed by atoms with Crippen molar-refractivity contribution in [3.8, 4) is 0 Å². The number of esters is 2. The normalized spacial score (nSPS) is 31.1. The van der Waals surface area contributed by atoms with Crippen LogP contribution in [0.4, 0.5) is 0 Å². The fourth-order valence-corrected chi connectivity index (χ4v) is 2.24. The maximum Gasteiger partial charge on any atom is 0.314 e. The van der Waals surface area contributed by atoms with Gasteiger partial charge in [-0.1, -0.05) is 18.9 Å². The van der Waals surface area contributed by atoms with Gasteiger partial charge in [0, 0.05) is 0 Å². The van der Waals surface area contributed by atoms with Crippen LogP contribution in [0.1, 0.15) is 32.6 Å². The van der Waals surface area contributed by atoms with E-state index in [1.807, 2.05) is 0 Å². The molecule has 0 spiro atoms. The Kier molecular flexibility index (Phi) is 4.36. The summed E-state index contributed by atoms with van der Waals surface area (Å²) in [5.41, 5.74) is 0. The van der Waals surface area contributed by atoms with Crippen LogP contribution in [0, 0.1) is 11.8 Å². The number of hydrogen-bond acceptors (Lipinski definition) is 5. The number of carbonyl (C=O) groups excluding carboxylic acids is 2. The van der Waals surface area contributed by atoms with E-state index in [0.717, 1.165) is 12.8 Å². The molecule has 0 aromatic heterocycles. The molecule has 0 N–H and O–H groups in total. The van der Waals surface area contributed by atoms with Gasteiger partial charge >= 0.3 is 11.9 Å². The SMILES string of the molecule is CC=COC(=O)C1CCCCC1C(=O)OC1CO1. The van der Waals surface area contributed by atoms with Crippen LogP contribution >= 0.6 is 0 Å². The van der Waals surface area contributed by atoms with E-state index in [1.54, 1.807) is 13.0 Å². The molecule has 0 aromatic carbocycles. The Balaban J connectivity index is 1.95. The molecule has 1 aliphatic heterocycles. The highest BCUT2D eigenvalue weighted by Crippen LogP contribution is 2.33. The maximum atomic E-state index is 11.9. The monoisotopic (exact) mass is 254 g/mol. The average Bonchev–Trinajstić information content (AvgIpc) is 3.19. The van der Waals surface area contributed by atoms with Crippen molar-refractivity contribution in [2.24, 2.45) is 11.8 Å². The van der Waals surface area contributed by atoms with E-state index >= 15 is 0 Å². The molecular weight excluding hydrogens is 236 g/mol. The molecular formula is C13H18O5. The van der Waals surface area contributed by atoms with Crippen molar-refractivity contribution in [2.75, 3.05) is 6.61 Å². The molecule has 2 fully saturated rings. The van der Waals surface area contributed by atoms with Crippen LogP contribution in [0.2, 0.25) is 0 Å². The smallest absolute Gasteiger partial charge is 0.314 e. The van der Waals surface area contributed by atoms with E-state index in [-0.39, 0.29) is 23.8 Å². The molecule has 1 saturated heterocycles. The molecule has 100 valence electrons. The summed E-state index contributed by atoms with van der Waals surface area (Å²) < 4.78 is 14.9. The van der Waals surface area contributed by atoms with E-state index in [2.05, 4.69) is 0 Å². The summed E-state index contributed by atoms with van der Waals surface area (Å²) in [6, 6.07) is 0. The first kappa shape index (κ1) is 13.1. The minimum Gasteiger partial charge on any atom is -0.435 e. The molecule has 2 aliphatic rings. The second kappa shape index (κ2) is 6.00. The summed E-state index contributed by atoms with van der Waals surface area (Å²) in [7, 11) is 0. The minimum atomic E-state index is -0.397. The summed E-state index contributed by atoms with van der Waals surface area (Å²) in [5, 5.41) is 0. The number of allylic oxidation sites excluding steroid dienone is 1. The highest BCUT2D eigenvalue weighted by molar-refractivity contribution is 5.82. The van der Waals surface area contributed by atoms with Crippen LogP contribution < -0.4 is 0 Å². The van der Waals surface area contributed by atoms with Gasteiger partial charge in [0.1, 0.15) is 6.61 Å². The van der Waals surface area contributed by atoms with Gasteiger partial charge in [0.2, 0.25) is 6.29 Å². The lowest BCUT2D eigenvalue weighted by atomic mass is 9.79. The lowest BCUT2D eigenvalue weighted by molar-refractivity contribution is -0.163. The van der Waals surface area contributed by atoms with E-state index in [9.17, 15) is 9.59 Å². The minimum absolute atomic E-state index is 0.334. The molecule has 3 unspecified atom stereocenters. The van der Waals surface area contributed by atoms with Gasteiger partial charge in [0.15, 0.2) is 0 Å². The number of rotatable bonds is 4. The topological polar surface area (TPSA) is 65.1 Å². The highest BCUT2D eigenvalue weighted by Gasteiger charge is 2.40. The zero-order chi connectivity index (χ0) is 13.0. The standard InChI is InChI=1S/C13H18O5/c1-2-7-16-12(14)9-5-3-4-6-10(9)13(15)18-11-8-17-11/h2,7,9-11H,3-6,8H2,1H3. The average molecular weight is 254 g/mol. The molecule has 0 amide bonds. The Morgan fingerprint density at radius 1 is 1.17 bits per heavy atom. The Labute approximate surface area is 106 Å². The predicted molar refractivity (Wildman–Crippen MR) is 62.2 cm³/mol. The van der Waals surface area contributed by atoms with Crippen molar-refractivity contribution in [1.82, 2.24) is 0 Å². The molecule has 5 heteroatoms. The van der Waals surface area contributed by atoms with Gasteiger partial charge < -0.3 is 14.2 Å². The van der Waals surface area contributed by atoms with Crippen LogP contribution in [0.15, 0.2) is 12.3 Å². The quantitative estimate of drug-likeness (QED) is 0.434. The second-order valence-electron chi connectivity index (χ2n) is 4.60. The lowest BCUT2D eigenvalue weighted by Crippen LogP contribution is -2.34. The van der Waals surface area contributed by atoms with E-state index in [4.69, 9.17) is 14.2 Å². The van der Waals surface area contributed by atoms with Crippen LogP contribution in [-0.2, 0) is 23.8 Å². The number of epoxide rings is 1. The summed E-state index contributed by atoms with van der Waals surface area (Å²) in [5.74, 6) is -1.45. The summed E-state index contributed by atoms with van der Waals surface area (Å²) >= 11 is 0. The van der Waals surface area contributed by atoms with Crippen LogP contribution in [0.25, 0.3) is 0 Å². The molecule has 0 aromatic rings. The van der Waals surface area contributed by atoms with Gasteiger partial charge in [0.25, 0.3) is 0 Å². The van der Waals surface area contributed by atoms with Gasteiger partial charge in [-0.3, -0.25) is 9.59 Å². The number of carbonyl (C=O) groups is 2. The van der Waals surface area contributed by atoms with Crippen molar-refractivity contribution < 1.29 is 23.8 Å². The molecule has 0 bridgehead atoms. The van der Waals surface area contributed by atoms with Gasteiger partial charge in [-0.05, 0) is 19.8 Å². The summed E-state index contributed by atoms with van der Waals surface area (Å²) in [4.78, 5) is 23.8. The Morgan fingerprint density at radius 2 is 1.78 bits per heavy atom. The molecule has 0 radical (unpaired) electrons. The van der Waals surface area contributed by atoms with Crippen LogP contribution in [0.5, 0.6) is 0 Å². The van der Waals surface area contributed by atoms with E-state index in [0.29, 0.717) is 19.4 Å².